The van der Waals surface area contributed by atoms with Crippen LogP contribution in [0.25, 0.3) is 0 Å². The molecule has 0 saturated carbocycles. The van der Waals surface area contributed by atoms with Gasteiger partial charge in [-0.3, -0.25) is 9.36 Å². The largest absolute Gasteiger partial charge is 0.483 e. The van der Waals surface area contributed by atoms with Gasteiger partial charge >= 0.3 is 32.2 Å². The van der Waals surface area contributed by atoms with Crippen LogP contribution in [-0.2, 0) is 18.4 Å². The second-order valence-electron chi connectivity index (χ2n) is 3.46. The molecular weight excluding hydrogens is 369 g/mol. The van der Waals surface area contributed by atoms with Crippen molar-refractivity contribution in [1.29, 1.82) is 0 Å². The van der Waals surface area contributed by atoms with E-state index in [0.29, 0.717) is 6.92 Å². The van der Waals surface area contributed by atoms with Gasteiger partial charge in [-0.1, -0.05) is 6.92 Å². The van der Waals surface area contributed by atoms with Gasteiger partial charge in [0.15, 0.2) is 0 Å². The van der Waals surface area contributed by atoms with Gasteiger partial charge in [0.05, 0.1) is 0 Å². The molecule has 0 aromatic rings. The summed E-state index contributed by atoms with van der Waals surface area (Å²) in [4.78, 5) is 10.9. The molecule has 0 aliphatic rings. The number of hydrogen-bond donors (Lipinski definition) is 0. The van der Waals surface area contributed by atoms with Gasteiger partial charge in [0.25, 0.3) is 0 Å². The van der Waals surface area contributed by atoms with Crippen LogP contribution in [0.5, 0.6) is 0 Å². The fourth-order valence-electron chi connectivity index (χ4n) is 0.719. The molecule has 22 heavy (non-hydrogen) atoms. The summed E-state index contributed by atoms with van der Waals surface area (Å²) in [6, 6.07) is 0. The highest BCUT2D eigenvalue weighted by Crippen LogP contribution is 2.61. The van der Waals surface area contributed by atoms with Crippen LogP contribution < -0.4 is 0 Å². The maximum Gasteiger partial charge on any atom is 0.483 e. The van der Waals surface area contributed by atoms with Crippen molar-refractivity contribution in [3.8, 4) is 0 Å². The van der Waals surface area contributed by atoms with Crippen molar-refractivity contribution in [3.63, 3.8) is 0 Å². The highest BCUT2D eigenvalue weighted by molar-refractivity contribution is 7.71. The minimum atomic E-state index is -6.83. The third kappa shape index (κ3) is 4.56. The van der Waals surface area contributed by atoms with Crippen molar-refractivity contribution in [2.75, 3.05) is 0 Å². The summed E-state index contributed by atoms with van der Waals surface area (Å²) in [6.45, 7) is 0.624. The van der Waals surface area contributed by atoms with Crippen molar-refractivity contribution in [2.45, 2.75) is 37.9 Å². The molecule has 0 aromatic carbocycles. The molecule has 0 aliphatic heterocycles. The number of halogens is 10. The second kappa shape index (κ2) is 5.96. The van der Waals surface area contributed by atoms with E-state index in [9.17, 15) is 53.3 Å². The summed E-state index contributed by atoms with van der Waals surface area (Å²) < 4.78 is 137. The predicted molar refractivity (Wildman–Crippen MR) is 47.1 cm³/mol. The van der Waals surface area contributed by atoms with Gasteiger partial charge in [-0.25, -0.2) is 9.05 Å². The van der Waals surface area contributed by atoms with Crippen LogP contribution in [0.2, 0.25) is 0 Å². The lowest BCUT2D eigenvalue weighted by atomic mass is 10.6. The van der Waals surface area contributed by atoms with E-state index in [0.717, 1.165) is 0 Å². The molecule has 0 aromatic heterocycles. The molecular formula is C7H5F10O4P. The normalized spacial score (nSPS) is 15.0. The Bertz CT molecular complexity index is 435. The summed E-state index contributed by atoms with van der Waals surface area (Å²) in [7, 11) is -6.83. The molecule has 0 radical (unpaired) electrons. The highest BCUT2D eigenvalue weighted by atomic mass is 31.2. The lowest BCUT2D eigenvalue weighted by Gasteiger charge is -2.27. The Balaban J connectivity index is 5.75. The number of hydrogen-bond acceptors (Lipinski definition) is 4. The Morgan fingerprint density at radius 3 is 1.27 bits per heavy atom. The first-order valence-corrected chi connectivity index (χ1v) is 6.38. The molecule has 4 nitrogen and oxygen atoms in total. The molecule has 0 heterocycles. The molecule has 0 bridgehead atoms. The first kappa shape index (κ1) is 21.1. The van der Waals surface area contributed by atoms with Crippen molar-refractivity contribution in [2.24, 2.45) is 0 Å². The maximum absolute atomic E-state index is 12.5. The van der Waals surface area contributed by atoms with E-state index in [4.69, 9.17) is 0 Å². The topological polar surface area (TPSA) is 52.6 Å². The van der Waals surface area contributed by atoms with Crippen LogP contribution in [0.4, 0.5) is 43.9 Å². The van der Waals surface area contributed by atoms with Crippen LogP contribution in [0.3, 0.4) is 0 Å². The van der Waals surface area contributed by atoms with Crippen LogP contribution in [-0.4, -0.2) is 30.1 Å². The number of carbonyl (C=O) groups is 1. The Kier molecular flexibility index (Phi) is 5.72. The Hall–Kier alpha value is -0.880. The van der Waals surface area contributed by atoms with Crippen molar-refractivity contribution in [3.05, 3.63) is 0 Å². The zero-order valence-corrected chi connectivity index (χ0v) is 11.0. The highest BCUT2D eigenvalue weighted by Gasteiger charge is 2.68. The second-order valence-corrected chi connectivity index (χ2v) is 5.32. The van der Waals surface area contributed by atoms with E-state index >= 15 is 0 Å². The fraction of sp³-hybridized carbons (Fsp3) is 0.857. The molecule has 132 valence electrons. The van der Waals surface area contributed by atoms with E-state index < -0.39 is 44.1 Å². The molecule has 0 aliphatic carbocycles. The quantitative estimate of drug-likeness (QED) is 0.509. The third-order valence-corrected chi connectivity index (χ3v) is 3.60. The van der Waals surface area contributed by atoms with Crippen molar-refractivity contribution in [1.82, 2.24) is 0 Å². The average Bonchev–Trinajstić information content (AvgIpc) is 2.22. The zero-order chi connectivity index (χ0) is 18.2. The molecule has 0 unspecified atom stereocenters. The number of carbonyl (C=O) groups excluding carboxylic acids is 1. The molecule has 0 saturated heterocycles. The Morgan fingerprint density at radius 2 is 1.09 bits per heavy atom. The minimum Gasteiger partial charge on any atom is -0.286 e. The standard InChI is InChI=1S/C7H5F10O4P/c1-2-3(18)22(19,20-6(14,15)4(8,9)10)21-7(16,17)5(11,12)13/h2H2,1H3. The first-order valence-electron chi connectivity index (χ1n) is 4.83. The summed E-state index contributed by atoms with van der Waals surface area (Å²) in [5, 5.41) is 0. The smallest absolute Gasteiger partial charge is 0.286 e. The monoisotopic (exact) mass is 374 g/mol. The summed E-state index contributed by atoms with van der Waals surface area (Å²) >= 11 is 0. The van der Waals surface area contributed by atoms with Crippen molar-refractivity contribution < 1.29 is 62.3 Å². The summed E-state index contributed by atoms with van der Waals surface area (Å²) in [6.07, 6.45) is -27.5. The molecule has 0 N–H and O–H groups in total. The number of alkyl halides is 10. The van der Waals surface area contributed by atoms with E-state index in [1.165, 1.54) is 0 Å². The van der Waals surface area contributed by atoms with Gasteiger partial charge in [-0.05, 0) is 0 Å². The third-order valence-electron chi connectivity index (χ3n) is 1.74. The van der Waals surface area contributed by atoms with Gasteiger partial charge < -0.3 is 0 Å². The SMILES string of the molecule is CCC(=O)P(=O)(OC(F)(F)C(F)(F)F)OC(F)(F)C(F)(F)F. The van der Waals surface area contributed by atoms with Gasteiger partial charge in [0.2, 0.25) is 5.52 Å². The molecule has 0 atom stereocenters. The van der Waals surface area contributed by atoms with Crippen molar-refractivity contribution >= 4 is 13.1 Å². The van der Waals surface area contributed by atoms with Crippen LogP contribution in [0, 0.1) is 0 Å². The van der Waals surface area contributed by atoms with E-state index in [2.05, 4.69) is 9.05 Å². The Labute approximate surface area is 114 Å². The van der Waals surface area contributed by atoms with Gasteiger partial charge in [0, 0.05) is 6.42 Å². The van der Waals surface area contributed by atoms with Crippen LogP contribution in [0.1, 0.15) is 13.3 Å². The molecule has 0 rings (SSSR count). The lowest BCUT2D eigenvalue weighted by molar-refractivity contribution is -0.381. The molecule has 0 spiro atoms. The molecule has 15 heteroatoms. The van der Waals surface area contributed by atoms with E-state index in [1.54, 1.807) is 0 Å². The lowest BCUT2D eigenvalue weighted by Crippen LogP contribution is -2.42. The Morgan fingerprint density at radius 1 is 0.818 bits per heavy atom. The van der Waals surface area contributed by atoms with E-state index in [1.807, 2.05) is 0 Å². The molecule has 0 fully saturated rings. The van der Waals surface area contributed by atoms with Gasteiger partial charge in [0.1, 0.15) is 0 Å². The van der Waals surface area contributed by atoms with Crippen LogP contribution in [0.15, 0.2) is 0 Å². The maximum atomic E-state index is 12.5. The van der Waals surface area contributed by atoms with Gasteiger partial charge in [-0.2, -0.15) is 43.9 Å². The summed E-state index contributed by atoms with van der Waals surface area (Å²) in [5.74, 6) is 0. The molecule has 0 amide bonds. The van der Waals surface area contributed by atoms with E-state index in [-0.39, 0.29) is 0 Å². The van der Waals surface area contributed by atoms with Crippen LogP contribution >= 0.6 is 7.60 Å². The number of rotatable bonds is 6. The fourth-order valence-corrected chi connectivity index (χ4v) is 2.16. The first-order chi connectivity index (χ1) is 9.40. The minimum absolute atomic E-state index is 0.624. The van der Waals surface area contributed by atoms with Gasteiger partial charge in [-0.15, -0.1) is 0 Å². The predicted octanol–water partition coefficient (Wildman–Crippen LogP) is 4.46. The summed E-state index contributed by atoms with van der Waals surface area (Å²) in [5.41, 5.74) is -2.43. The zero-order valence-electron chi connectivity index (χ0n) is 10.1. The average molecular weight is 374 g/mol.